The fraction of sp³-hybridized carbons (Fsp3) is 0.250. The summed E-state index contributed by atoms with van der Waals surface area (Å²) in [5.74, 6) is -1.01. The van der Waals surface area contributed by atoms with Gasteiger partial charge in [0.25, 0.3) is 0 Å². The van der Waals surface area contributed by atoms with E-state index in [-0.39, 0.29) is 17.3 Å². The minimum absolute atomic E-state index is 0.0772. The van der Waals surface area contributed by atoms with Crippen LogP contribution in [0, 0.1) is 5.82 Å². The predicted octanol–water partition coefficient (Wildman–Crippen LogP) is 1.32. The summed E-state index contributed by atoms with van der Waals surface area (Å²) in [6, 6.07) is 3.96. The Morgan fingerprint density at radius 2 is 2.19 bits per heavy atom. The van der Waals surface area contributed by atoms with Crippen LogP contribution < -0.4 is 10.5 Å². The third-order valence-electron chi connectivity index (χ3n) is 2.90. The van der Waals surface area contributed by atoms with Gasteiger partial charge in [-0.15, -0.1) is 0 Å². The van der Waals surface area contributed by atoms with Gasteiger partial charge in [-0.3, -0.25) is 4.68 Å². The third-order valence-corrected chi connectivity index (χ3v) is 4.64. The standard InChI is InChI=1S/C12H14ClFN4O2S/c1-18-9(2-4-16-18)3-5-17-21(19,20)11-7-8(15)6-10(13)12(11)14/h2,4,6-7,17H,3,5,15H2,1H3. The lowest BCUT2D eigenvalue weighted by Crippen LogP contribution is -2.27. The van der Waals surface area contributed by atoms with E-state index in [9.17, 15) is 12.8 Å². The summed E-state index contributed by atoms with van der Waals surface area (Å²) >= 11 is 5.60. The van der Waals surface area contributed by atoms with Crippen molar-refractivity contribution in [3.63, 3.8) is 0 Å². The molecule has 3 N–H and O–H groups in total. The first-order valence-corrected chi connectivity index (χ1v) is 7.88. The van der Waals surface area contributed by atoms with Gasteiger partial charge in [-0.2, -0.15) is 5.10 Å². The molecule has 114 valence electrons. The van der Waals surface area contributed by atoms with Crippen LogP contribution in [0.25, 0.3) is 0 Å². The number of benzene rings is 1. The smallest absolute Gasteiger partial charge is 0.243 e. The van der Waals surface area contributed by atoms with E-state index in [1.165, 1.54) is 0 Å². The highest BCUT2D eigenvalue weighted by Crippen LogP contribution is 2.25. The van der Waals surface area contributed by atoms with Gasteiger partial charge in [0.15, 0.2) is 5.82 Å². The van der Waals surface area contributed by atoms with Crippen LogP contribution in [0.4, 0.5) is 10.1 Å². The number of halogens is 2. The number of hydrogen-bond acceptors (Lipinski definition) is 4. The maximum atomic E-state index is 13.8. The van der Waals surface area contributed by atoms with Crippen LogP contribution in [0.15, 0.2) is 29.3 Å². The molecular formula is C12H14ClFN4O2S. The van der Waals surface area contributed by atoms with E-state index in [0.29, 0.717) is 6.42 Å². The van der Waals surface area contributed by atoms with Crippen molar-refractivity contribution in [2.45, 2.75) is 11.3 Å². The highest BCUT2D eigenvalue weighted by molar-refractivity contribution is 7.89. The van der Waals surface area contributed by atoms with E-state index in [4.69, 9.17) is 17.3 Å². The Labute approximate surface area is 126 Å². The SMILES string of the molecule is Cn1nccc1CCNS(=O)(=O)c1cc(N)cc(Cl)c1F. The van der Waals surface area contributed by atoms with Gasteiger partial charge in [-0.1, -0.05) is 11.6 Å². The van der Waals surface area contributed by atoms with Gasteiger partial charge in [0.05, 0.1) is 5.02 Å². The van der Waals surface area contributed by atoms with Crippen molar-refractivity contribution in [2.24, 2.45) is 7.05 Å². The summed E-state index contributed by atoms with van der Waals surface area (Å²) < 4.78 is 41.9. The summed E-state index contributed by atoms with van der Waals surface area (Å²) in [6.07, 6.45) is 2.04. The predicted molar refractivity (Wildman–Crippen MR) is 77.9 cm³/mol. The molecule has 0 aliphatic heterocycles. The van der Waals surface area contributed by atoms with Gasteiger partial charge in [0, 0.05) is 37.6 Å². The van der Waals surface area contributed by atoms with Crippen molar-refractivity contribution in [1.29, 1.82) is 0 Å². The zero-order chi connectivity index (χ0) is 15.6. The van der Waals surface area contributed by atoms with Gasteiger partial charge in [-0.25, -0.2) is 17.5 Å². The normalized spacial score (nSPS) is 11.8. The van der Waals surface area contributed by atoms with Crippen LogP contribution in [0.5, 0.6) is 0 Å². The molecule has 9 heteroatoms. The molecule has 1 aromatic carbocycles. The summed E-state index contributed by atoms with van der Waals surface area (Å²) in [5, 5.41) is 3.64. The highest BCUT2D eigenvalue weighted by atomic mass is 35.5. The first-order chi connectivity index (χ1) is 9.81. The second kappa shape index (κ2) is 6.00. The molecule has 0 atom stereocenters. The van der Waals surface area contributed by atoms with Crippen LogP contribution in [-0.2, 0) is 23.5 Å². The number of hydrogen-bond donors (Lipinski definition) is 2. The average Bonchev–Trinajstić information content (AvgIpc) is 2.79. The second-order valence-corrected chi connectivity index (χ2v) is 6.55. The van der Waals surface area contributed by atoms with Crippen molar-refractivity contribution < 1.29 is 12.8 Å². The van der Waals surface area contributed by atoms with Crippen LogP contribution in [0.1, 0.15) is 5.69 Å². The van der Waals surface area contributed by atoms with Crippen LogP contribution in [0.3, 0.4) is 0 Å². The molecule has 0 amide bonds. The van der Waals surface area contributed by atoms with E-state index in [0.717, 1.165) is 17.8 Å². The fourth-order valence-electron chi connectivity index (χ4n) is 1.82. The van der Waals surface area contributed by atoms with E-state index in [2.05, 4.69) is 9.82 Å². The summed E-state index contributed by atoms with van der Waals surface area (Å²) in [4.78, 5) is -0.558. The number of sulfonamides is 1. The molecule has 0 saturated carbocycles. The Hall–Kier alpha value is -1.64. The first-order valence-electron chi connectivity index (χ1n) is 6.02. The minimum atomic E-state index is -4.02. The lowest BCUT2D eigenvalue weighted by atomic mass is 10.3. The van der Waals surface area contributed by atoms with Gasteiger partial charge in [-0.05, 0) is 18.2 Å². The number of aromatic nitrogens is 2. The van der Waals surface area contributed by atoms with E-state index < -0.39 is 20.7 Å². The molecule has 0 fully saturated rings. The van der Waals surface area contributed by atoms with Crippen molar-refractivity contribution in [2.75, 3.05) is 12.3 Å². The Morgan fingerprint density at radius 1 is 1.48 bits per heavy atom. The van der Waals surface area contributed by atoms with Crippen molar-refractivity contribution >= 4 is 27.3 Å². The molecule has 2 aromatic rings. The molecule has 0 saturated heterocycles. The van der Waals surface area contributed by atoms with E-state index in [1.54, 1.807) is 24.0 Å². The molecule has 0 aliphatic carbocycles. The fourth-order valence-corrected chi connectivity index (χ4v) is 3.26. The molecular weight excluding hydrogens is 319 g/mol. The second-order valence-electron chi connectivity index (χ2n) is 4.41. The van der Waals surface area contributed by atoms with Gasteiger partial charge >= 0.3 is 0 Å². The van der Waals surface area contributed by atoms with Gasteiger partial charge < -0.3 is 5.73 Å². The minimum Gasteiger partial charge on any atom is -0.399 e. The van der Waals surface area contributed by atoms with Crippen LogP contribution in [0.2, 0.25) is 5.02 Å². The van der Waals surface area contributed by atoms with Gasteiger partial charge in [0.2, 0.25) is 10.0 Å². The number of nitrogens with two attached hydrogens (primary N) is 1. The largest absolute Gasteiger partial charge is 0.399 e. The topological polar surface area (TPSA) is 90.0 Å². The van der Waals surface area contributed by atoms with Crippen LogP contribution >= 0.6 is 11.6 Å². The number of nitrogens with zero attached hydrogens (tertiary/aromatic N) is 2. The number of nitrogen functional groups attached to an aromatic ring is 1. The lowest BCUT2D eigenvalue weighted by molar-refractivity contribution is 0.556. The van der Waals surface area contributed by atoms with Crippen molar-refractivity contribution in [3.8, 4) is 0 Å². The molecule has 21 heavy (non-hydrogen) atoms. The maximum Gasteiger partial charge on any atom is 0.243 e. The summed E-state index contributed by atoms with van der Waals surface area (Å²) in [5.41, 5.74) is 6.42. The molecule has 6 nitrogen and oxygen atoms in total. The number of aryl methyl sites for hydroxylation is 1. The molecule has 0 unspecified atom stereocenters. The maximum absolute atomic E-state index is 13.8. The van der Waals surface area contributed by atoms with Gasteiger partial charge in [0.1, 0.15) is 4.90 Å². The average molecular weight is 333 g/mol. The number of rotatable bonds is 5. The van der Waals surface area contributed by atoms with E-state index >= 15 is 0 Å². The highest BCUT2D eigenvalue weighted by Gasteiger charge is 2.21. The Bertz CT molecular complexity index is 761. The Kier molecular flexibility index (Phi) is 4.50. The lowest BCUT2D eigenvalue weighted by Gasteiger charge is -2.09. The molecule has 0 bridgehead atoms. The van der Waals surface area contributed by atoms with Crippen molar-refractivity contribution in [1.82, 2.24) is 14.5 Å². The van der Waals surface area contributed by atoms with Crippen LogP contribution in [-0.4, -0.2) is 24.7 Å². The Balaban J connectivity index is 2.14. The molecule has 1 heterocycles. The van der Waals surface area contributed by atoms with Crippen molar-refractivity contribution in [3.05, 3.63) is 40.9 Å². The van der Waals surface area contributed by atoms with E-state index in [1.807, 2.05) is 0 Å². The number of anilines is 1. The zero-order valence-corrected chi connectivity index (χ0v) is 12.7. The third kappa shape index (κ3) is 3.52. The zero-order valence-electron chi connectivity index (χ0n) is 11.2. The number of nitrogens with one attached hydrogen (secondary N) is 1. The molecule has 0 aliphatic rings. The Morgan fingerprint density at radius 3 is 2.81 bits per heavy atom. The molecule has 1 aromatic heterocycles. The first kappa shape index (κ1) is 15.7. The summed E-state index contributed by atoms with van der Waals surface area (Å²) in [7, 11) is -2.27. The monoisotopic (exact) mass is 332 g/mol. The quantitative estimate of drug-likeness (QED) is 0.808. The molecule has 2 rings (SSSR count). The summed E-state index contributed by atoms with van der Waals surface area (Å²) in [6.45, 7) is 0.105. The molecule has 0 spiro atoms. The molecule has 0 radical (unpaired) electrons.